The average molecular weight is 264 g/mol. The molecule has 1 N–H and O–H groups in total. The normalized spacial score (nSPS) is 10.2. The number of amides is 1. The van der Waals surface area contributed by atoms with E-state index in [1.807, 2.05) is 6.92 Å². The summed E-state index contributed by atoms with van der Waals surface area (Å²) in [5.41, 5.74) is 1.85. The van der Waals surface area contributed by atoms with Gasteiger partial charge in [0.05, 0.1) is 0 Å². The summed E-state index contributed by atoms with van der Waals surface area (Å²) >= 11 is 5.96. The zero-order valence-electron chi connectivity index (χ0n) is 9.71. The monoisotopic (exact) mass is 263 g/mol. The molecule has 2 aromatic carbocycles. The predicted octanol–water partition coefficient (Wildman–Crippen LogP) is 4.04. The Kier molecular flexibility index (Phi) is 3.63. The highest BCUT2D eigenvalue weighted by Crippen LogP contribution is 2.23. The molecule has 0 aromatic heterocycles. The van der Waals surface area contributed by atoms with Crippen molar-refractivity contribution >= 4 is 23.2 Å². The van der Waals surface area contributed by atoms with Gasteiger partial charge in [-0.25, -0.2) is 4.39 Å². The molecule has 2 nitrogen and oxygen atoms in total. The zero-order chi connectivity index (χ0) is 13.1. The molecule has 0 bridgehead atoms. The van der Waals surface area contributed by atoms with E-state index in [-0.39, 0.29) is 11.7 Å². The molecule has 0 heterocycles. The maximum absolute atomic E-state index is 12.7. The van der Waals surface area contributed by atoms with Crippen molar-refractivity contribution in [2.24, 2.45) is 0 Å². The number of benzene rings is 2. The third-order valence-corrected chi connectivity index (χ3v) is 3.03. The molecule has 0 fully saturated rings. The van der Waals surface area contributed by atoms with Gasteiger partial charge in [0.2, 0.25) is 0 Å². The van der Waals surface area contributed by atoms with Crippen molar-refractivity contribution in [2.45, 2.75) is 6.92 Å². The lowest BCUT2D eigenvalue weighted by Crippen LogP contribution is -2.12. The first-order valence-corrected chi connectivity index (χ1v) is 5.78. The summed E-state index contributed by atoms with van der Waals surface area (Å²) in [6, 6.07) is 10.7. The highest BCUT2D eigenvalue weighted by atomic mass is 35.5. The first-order valence-electron chi connectivity index (χ1n) is 5.40. The van der Waals surface area contributed by atoms with E-state index in [0.29, 0.717) is 16.3 Å². The van der Waals surface area contributed by atoms with Gasteiger partial charge in [0.25, 0.3) is 5.91 Å². The van der Waals surface area contributed by atoms with Crippen LogP contribution in [0.2, 0.25) is 5.02 Å². The Balaban J connectivity index is 2.21. The number of hydrogen-bond donors (Lipinski definition) is 1. The minimum Gasteiger partial charge on any atom is -0.322 e. The Labute approximate surface area is 109 Å². The van der Waals surface area contributed by atoms with Crippen LogP contribution in [0.3, 0.4) is 0 Å². The van der Waals surface area contributed by atoms with Crippen LogP contribution in [0.1, 0.15) is 15.9 Å². The largest absolute Gasteiger partial charge is 0.322 e. The Bertz CT molecular complexity index is 581. The molecule has 0 aliphatic rings. The SMILES string of the molecule is Cc1c(Cl)cccc1NC(=O)c1ccc(F)cc1. The van der Waals surface area contributed by atoms with Crippen LogP contribution in [-0.4, -0.2) is 5.91 Å². The van der Waals surface area contributed by atoms with E-state index in [1.54, 1.807) is 18.2 Å². The summed E-state index contributed by atoms with van der Waals surface area (Å²) in [4.78, 5) is 11.9. The lowest BCUT2D eigenvalue weighted by atomic mass is 10.1. The summed E-state index contributed by atoms with van der Waals surface area (Å²) in [6.45, 7) is 1.82. The number of carbonyl (C=O) groups excluding carboxylic acids is 1. The van der Waals surface area contributed by atoms with Gasteiger partial charge in [-0.3, -0.25) is 4.79 Å². The molecular weight excluding hydrogens is 253 g/mol. The van der Waals surface area contributed by atoms with Crippen LogP contribution in [-0.2, 0) is 0 Å². The van der Waals surface area contributed by atoms with Crippen LogP contribution >= 0.6 is 11.6 Å². The van der Waals surface area contributed by atoms with Crippen LogP contribution in [0, 0.1) is 12.7 Å². The highest BCUT2D eigenvalue weighted by molar-refractivity contribution is 6.31. The molecule has 0 radical (unpaired) electrons. The van der Waals surface area contributed by atoms with E-state index in [0.717, 1.165) is 5.56 Å². The first-order chi connectivity index (χ1) is 8.58. The van der Waals surface area contributed by atoms with Gasteiger partial charge in [0, 0.05) is 16.3 Å². The lowest BCUT2D eigenvalue weighted by molar-refractivity contribution is 0.102. The van der Waals surface area contributed by atoms with Gasteiger partial charge in [-0.1, -0.05) is 17.7 Å². The van der Waals surface area contributed by atoms with Crippen LogP contribution in [0.4, 0.5) is 10.1 Å². The van der Waals surface area contributed by atoms with E-state index in [2.05, 4.69) is 5.32 Å². The standard InChI is InChI=1S/C14H11ClFNO/c1-9-12(15)3-2-4-13(9)17-14(18)10-5-7-11(16)8-6-10/h2-8H,1H3,(H,17,18). The van der Waals surface area contributed by atoms with Crippen molar-refractivity contribution in [1.82, 2.24) is 0 Å². The lowest BCUT2D eigenvalue weighted by Gasteiger charge is -2.09. The van der Waals surface area contributed by atoms with E-state index in [9.17, 15) is 9.18 Å². The maximum Gasteiger partial charge on any atom is 0.255 e. The predicted molar refractivity (Wildman–Crippen MR) is 70.5 cm³/mol. The quantitative estimate of drug-likeness (QED) is 0.870. The van der Waals surface area contributed by atoms with Gasteiger partial charge >= 0.3 is 0 Å². The first kappa shape index (κ1) is 12.6. The molecule has 0 saturated heterocycles. The van der Waals surface area contributed by atoms with E-state index >= 15 is 0 Å². The van der Waals surface area contributed by atoms with Crippen molar-refractivity contribution in [3.63, 3.8) is 0 Å². The summed E-state index contributed by atoms with van der Waals surface area (Å²) in [5.74, 6) is -0.661. The summed E-state index contributed by atoms with van der Waals surface area (Å²) in [5, 5.41) is 3.33. The fourth-order valence-corrected chi connectivity index (χ4v) is 1.71. The molecule has 2 aromatic rings. The molecule has 0 aliphatic carbocycles. The molecule has 18 heavy (non-hydrogen) atoms. The van der Waals surface area contributed by atoms with Crippen molar-refractivity contribution in [1.29, 1.82) is 0 Å². The Hall–Kier alpha value is -1.87. The highest BCUT2D eigenvalue weighted by Gasteiger charge is 2.08. The molecule has 1 amide bonds. The van der Waals surface area contributed by atoms with Crippen molar-refractivity contribution in [2.75, 3.05) is 5.32 Å². The van der Waals surface area contributed by atoms with E-state index in [1.165, 1.54) is 24.3 Å². The third kappa shape index (κ3) is 2.68. The topological polar surface area (TPSA) is 29.1 Å². The molecule has 0 saturated carbocycles. The Morgan fingerprint density at radius 2 is 1.83 bits per heavy atom. The molecule has 0 unspecified atom stereocenters. The third-order valence-electron chi connectivity index (χ3n) is 2.62. The van der Waals surface area contributed by atoms with E-state index < -0.39 is 0 Å². The van der Waals surface area contributed by atoms with Crippen molar-refractivity contribution in [3.8, 4) is 0 Å². The van der Waals surface area contributed by atoms with Crippen LogP contribution in [0.25, 0.3) is 0 Å². The number of halogens is 2. The fraction of sp³-hybridized carbons (Fsp3) is 0.0714. The van der Waals surface area contributed by atoms with Gasteiger partial charge in [-0.05, 0) is 48.9 Å². The average Bonchev–Trinajstić information content (AvgIpc) is 2.36. The number of anilines is 1. The fourth-order valence-electron chi connectivity index (χ4n) is 1.54. The number of carbonyl (C=O) groups is 1. The van der Waals surface area contributed by atoms with E-state index in [4.69, 9.17) is 11.6 Å². The maximum atomic E-state index is 12.7. The Morgan fingerprint density at radius 3 is 2.50 bits per heavy atom. The van der Waals surface area contributed by atoms with Crippen LogP contribution in [0.5, 0.6) is 0 Å². The summed E-state index contributed by atoms with van der Waals surface area (Å²) in [6.07, 6.45) is 0. The minimum absolute atomic E-state index is 0.291. The van der Waals surface area contributed by atoms with Gasteiger partial charge in [0.15, 0.2) is 0 Å². The van der Waals surface area contributed by atoms with Crippen molar-refractivity contribution < 1.29 is 9.18 Å². The van der Waals surface area contributed by atoms with Gasteiger partial charge < -0.3 is 5.32 Å². The van der Waals surface area contributed by atoms with Gasteiger partial charge in [0.1, 0.15) is 5.82 Å². The second kappa shape index (κ2) is 5.19. The number of nitrogens with one attached hydrogen (secondary N) is 1. The minimum atomic E-state index is -0.370. The molecule has 4 heteroatoms. The zero-order valence-corrected chi connectivity index (χ0v) is 10.5. The number of hydrogen-bond acceptors (Lipinski definition) is 1. The smallest absolute Gasteiger partial charge is 0.255 e. The van der Waals surface area contributed by atoms with Gasteiger partial charge in [-0.2, -0.15) is 0 Å². The van der Waals surface area contributed by atoms with Crippen molar-refractivity contribution in [3.05, 3.63) is 64.4 Å². The molecule has 92 valence electrons. The second-order valence-electron chi connectivity index (χ2n) is 3.87. The second-order valence-corrected chi connectivity index (χ2v) is 4.28. The van der Waals surface area contributed by atoms with Crippen LogP contribution in [0.15, 0.2) is 42.5 Å². The molecular formula is C14H11ClFNO. The number of rotatable bonds is 2. The molecule has 0 atom stereocenters. The van der Waals surface area contributed by atoms with Crippen LogP contribution < -0.4 is 5.32 Å². The summed E-state index contributed by atoms with van der Waals surface area (Å²) < 4.78 is 12.7. The molecule has 0 spiro atoms. The molecule has 0 aliphatic heterocycles. The summed E-state index contributed by atoms with van der Waals surface area (Å²) in [7, 11) is 0. The van der Waals surface area contributed by atoms with Gasteiger partial charge in [-0.15, -0.1) is 0 Å². The Morgan fingerprint density at radius 1 is 1.17 bits per heavy atom. The molecule has 2 rings (SSSR count).